The fourth-order valence-corrected chi connectivity index (χ4v) is 1.13. The average Bonchev–Trinajstić information content (AvgIpc) is 2.37. The summed E-state index contributed by atoms with van der Waals surface area (Å²) in [7, 11) is 0. The molecule has 0 atom stereocenters. The van der Waals surface area contributed by atoms with Gasteiger partial charge in [0.05, 0.1) is 5.69 Å². The van der Waals surface area contributed by atoms with Crippen LogP contribution in [0.2, 0.25) is 0 Å². The maximum atomic E-state index is 8.58. The number of anilines is 1. The summed E-state index contributed by atoms with van der Waals surface area (Å²) in [5.41, 5.74) is 10.6. The van der Waals surface area contributed by atoms with Gasteiger partial charge in [0, 0.05) is 5.38 Å². The highest BCUT2D eigenvalue weighted by molar-refractivity contribution is 7.13. The first-order chi connectivity index (χ1) is 5.24. The molecule has 0 fully saturated rings. The van der Waals surface area contributed by atoms with Gasteiger partial charge in [0.1, 0.15) is 0 Å². The Hall–Kier alpha value is -1.10. The highest BCUT2D eigenvalue weighted by Crippen LogP contribution is 2.10. The van der Waals surface area contributed by atoms with Crippen molar-refractivity contribution < 1.29 is 4.79 Å². The van der Waals surface area contributed by atoms with Crippen LogP contribution >= 0.6 is 11.3 Å². The van der Waals surface area contributed by atoms with Crippen molar-refractivity contribution in [2.45, 2.75) is 13.3 Å². The summed E-state index contributed by atoms with van der Waals surface area (Å²) in [6, 6.07) is 0. The van der Waals surface area contributed by atoms with Gasteiger partial charge in [-0.15, -0.1) is 11.3 Å². The number of aryl methyl sites for hydroxylation is 1. The van der Waals surface area contributed by atoms with Gasteiger partial charge >= 0.3 is 0 Å². The summed E-state index contributed by atoms with van der Waals surface area (Å²) >= 11 is 1.50. The minimum absolute atomic E-state index is 0.250. The standard InChI is InChI=1S/C5H8N2S.CH3NO/c1-2-4-3-8-5(6)7-4;2-1-3/h3H,2H2,1H3,(H2,6,7);1H,(H2,2,3). The molecule has 0 spiro atoms. The molecule has 4 N–H and O–H groups in total. The van der Waals surface area contributed by atoms with Crippen LogP contribution < -0.4 is 11.5 Å². The average molecular weight is 173 g/mol. The van der Waals surface area contributed by atoms with E-state index in [2.05, 4.69) is 17.6 Å². The highest BCUT2D eigenvalue weighted by atomic mass is 32.1. The Kier molecular flexibility index (Phi) is 5.10. The van der Waals surface area contributed by atoms with Gasteiger partial charge in [-0.2, -0.15) is 0 Å². The number of rotatable bonds is 1. The van der Waals surface area contributed by atoms with Crippen molar-refractivity contribution in [1.29, 1.82) is 0 Å². The third-order valence-electron chi connectivity index (χ3n) is 0.932. The zero-order chi connectivity index (χ0) is 8.69. The number of nitrogen functional groups attached to an aromatic ring is 1. The first-order valence-corrected chi connectivity index (χ1v) is 3.97. The van der Waals surface area contributed by atoms with Gasteiger partial charge in [-0.1, -0.05) is 6.92 Å². The van der Waals surface area contributed by atoms with Gasteiger partial charge in [0.25, 0.3) is 0 Å². The fourth-order valence-electron chi connectivity index (χ4n) is 0.485. The lowest BCUT2D eigenvalue weighted by Crippen LogP contribution is -1.83. The largest absolute Gasteiger partial charge is 0.375 e. The van der Waals surface area contributed by atoms with Crippen molar-refractivity contribution in [1.82, 2.24) is 4.98 Å². The molecule has 0 aliphatic heterocycles. The second-order valence-electron chi connectivity index (χ2n) is 1.67. The monoisotopic (exact) mass is 173 g/mol. The Bertz CT molecular complexity index is 211. The van der Waals surface area contributed by atoms with Crippen molar-refractivity contribution in [2.75, 3.05) is 5.73 Å². The summed E-state index contributed by atoms with van der Waals surface area (Å²) in [5, 5.41) is 2.65. The van der Waals surface area contributed by atoms with Crippen LogP contribution in [0.5, 0.6) is 0 Å². The van der Waals surface area contributed by atoms with Crippen LogP contribution in [0, 0.1) is 0 Å². The lowest BCUT2D eigenvalue weighted by atomic mass is 10.4. The van der Waals surface area contributed by atoms with Crippen LogP contribution in [-0.4, -0.2) is 11.4 Å². The van der Waals surface area contributed by atoms with Gasteiger partial charge in [-0.3, -0.25) is 4.79 Å². The van der Waals surface area contributed by atoms with E-state index in [-0.39, 0.29) is 6.41 Å². The minimum Gasteiger partial charge on any atom is -0.375 e. The Balaban J connectivity index is 0.000000292. The zero-order valence-electron chi connectivity index (χ0n) is 6.28. The van der Waals surface area contributed by atoms with Crippen LogP contribution in [0.1, 0.15) is 12.6 Å². The van der Waals surface area contributed by atoms with Gasteiger partial charge < -0.3 is 11.5 Å². The molecule has 0 aromatic carbocycles. The van der Waals surface area contributed by atoms with Gasteiger partial charge in [0.2, 0.25) is 6.41 Å². The summed E-state index contributed by atoms with van der Waals surface area (Å²) in [4.78, 5) is 12.6. The second kappa shape index (κ2) is 5.67. The van der Waals surface area contributed by atoms with Crippen molar-refractivity contribution in [3.8, 4) is 0 Å². The number of hydrogen-bond acceptors (Lipinski definition) is 4. The predicted octanol–water partition coefficient (Wildman–Crippen LogP) is 0.389. The molecule has 1 aromatic rings. The van der Waals surface area contributed by atoms with Crippen molar-refractivity contribution >= 4 is 22.9 Å². The molecule has 0 radical (unpaired) electrons. The van der Waals surface area contributed by atoms with E-state index in [1.165, 1.54) is 11.3 Å². The topological polar surface area (TPSA) is 82.0 Å². The van der Waals surface area contributed by atoms with Crippen LogP contribution in [0.3, 0.4) is 0 Å². The third-order valence-corrected chi connectivity index (χ3v) is 1.65. The van der Waals surface area contributed by atoms with E-state index in [1.807, 2.05) is 5.38 Å². The number of thiazole rings is 1. The Morgan fingerprint density at radius 2 is 2.36 bits per heavy atom. The molecule has 0 unspecified atom stereocenters. The van der Waals surface area contributed by atoms with E-state index >= 15 is 0 Å². The third kappa shape index (κ3) is 4.32. The first-order valence-electron chi connectivity index (χ1n) is 3.09. The molecule has 62 valence electrons. The molecule has 1 amide bonds. The number of nitrogens with zero attached hydrogens (tertiary/aromatic N) is 1. The van der Waals surface area contributed by atoms with Crippen molar-refractivity contribution in [2.24, 2.45) is 5.73 Å². The first kappa shape index (κ1) is 9.90. The maximum Gasteiger partial charge on any atom is 0.204 e. The lowest BCUT2D eigenvalue weighted by molar-refractivity contribution is -0.106. The highest BCUT2D eigenvalue weighted by Gasteiger charge is 1.91. The van der Waals surface area contributed by atoms with E-state index in [1.54, 1.807) is 0 Å². The fraction of sp³-hybridized carbons (Fsp3) is 0.333. The number of aromatic nitrogens is 1. The van der Waals surface area contributed by atoms with E-state index in [4.69, 9.17) is 10.5 Å². The van der Waals surface area contributed by atoms with Crippen LogP contribution in [-0.2, 0) is 11.2 Å². The molecule has 1 aromatic heterocycles. The lowest BCUT2D eigenvalue weighted by Gasteiger charge is -1.79. The Labute approximate surface area is 69.2 Å². The number of carbonyl (C=O) groups is 1. The summed E-state index contributed by atoms with van der Waals surface area (Å²) < 4.78 is 0. The minimum atomic E-state index is 0.250. The van der Waals surface area contributed by atoms with Crippen LogP contribution in [0.15, 0.2) is 5.38 Å². The molecule has 0 aliphatic carbocycles. The maximum absolute atomic E-state index is 8.58. The molecular formula is C6H11N3OS. The number of carbonyl (C=O) groups excluding carboxylic acids is 1. The number of hydrogen-bond donors (Lipinski definition) is 2. The number of primary amides is 1. The Morgan fingerprint density at radius 1 is 1.82 bits per heavy atom. The van der Waals surface area contributed by atoms with E-state index < -0.39 is 0 Å². The molecule has 4 nitrogen and oxygen atoms in total. The molecule has 5 heteroatoms. The zero-order valence-corrected chi connectivity index (χ0v) is 7.10. The van der Waals surface area contributed by atoms with Crippen LogP contribution in [0.25, 0.3) is 0 Å². The molecule has 0 aliphatic rings. The normalized spacial score (nSPS) is 8.09. The number of amides is 1. The van der Waals surface area contributed by atoms with Crippen LogP contribution in [0.4, 0.5) is 5.13 Å². The molecular weight excluding hydrogens is 162 g/mol. The molecule has 0 saturated carbocycles. The summed E-state index contributed by atoms with van der Waals surface area (Å²) in [5.74, 6) is 0. The molecule has 11 heavy (non-hydrogen) atoms. The van der Waals surface area contributed by atoms with Gasteiger partial charge in [-0.25, -0.2) is 4.98 Å². The predicted molar refractivity (Wildman–Crippen MR) is 46.2 cm³/mol. The second-order valence-corrected chi connectivity index (χ2v) is 2.56. The molecule has 1 rings (SSSR count). The van der Waals surface area contributed by atoms with E-state index in [0.29, 0.717) is 5.13 Å². The molecule has 0 bridgehead atoms. The van der Waals surface area contributed by atoms with Crippen molar-refractivity contribution in [3.05, 3.63) is 11.1 Å². The molecule has 0 saturated heterocycles. The number of nitrogens with two attached hydrogens (primary N) is 2. The SMILES string of the molecule is CCc1csc(N)n1.NC=O. The summed E-state index contributed by atoms with van der Waals surface area (Å²) in [6.07, 6.45) is 1.23. The quantitative estimate of drug-likeness (QED) is 0.603. The van der Waals surface area contributed by atoms with E-state index in [9.17, 15) is 0 Å². The molecule has 1 heterocycles. The van der Waals surface area contributed by atoms with Gasteiger partial charge in [-0.05, 0) is 6.42 Å². The van der Waals surface area contributed by atoms with E-state index in [0.717, 1.165) is 12.1 Å². The summed E-state index contributed by atoms with van der Waals surface area (Å²) in [6.45, 7) is 2.06. The smallest absolute Gasteiger partial charge is 0.204 e. The van der Waals surface area contributed by atoms with Crippen molar-refractivity contribution in [3.63, 3.8) is 0 Å². The Morgan fingerprint density at radius 3 is 2.55 bits per heavy atom. The van der Waals surface area contributed by atoms with Gasteiger partial charge in [0.15, 0.2) is 5.13 Å².